The Morgan fingerprint density at radius 2 is 1.54 bits per heavy atom. The zero-order chi connectivity index (χ0) is 18.7. The molecule has 1 fully saturated rings. The van der Waals surface area contributed by atoms with Gasteiger partial charge in [0.2, 0.25) is 0 Å². The fraction of sp³-hybridized carbons (Fsp3) is 0.714. The average molecular weight is 348 g/mol. The highest BCUT2D eigenvalue weighted by molar-refractivity contribution is 5.90. The van der Waals surface area contributed by atoms with E-state index in [9.17, 15) is 29.4 Å². The van der Waals surface area contributed by atoms with Crippen LogP contribution in [0, 0.1) is 0 Å². The predicted molar refractivity (Wildman–Crippen MR) is 74.3 cm³/mol. The molecule has 1 aliphatic heterocycles. The molecule has 0 saturated carbocycles. The summed E-state index contributed by atoms with van der Waals surface area (Å²) in [7, 11) is 0. The summed E-state index contributed by atoms with van der Waals surface area (Å²) in [4.78, 5) is 46.5. The average Bonchev–Trinajstić information content (AvgIpc) is 2.43. The lowest BCUT2D eigenvalue weighted by Crippen LogP contribution is -2.72. The van der Waals surface area contributed by atoms with Crippen molar-refractivity contribution >= 4 is 23.7 Å². The first-order chi connectivity index (χ1) is 11.1. The molecule has 0 aliphatic carbocycles. The molecule has 0 spiro atoms. The summed E-state index contributed by atoms with van der Waals surface area (Å²) in [6.45, 7) is 3.26. The first-order valence-corrected chi connectivity index (χ1v) is 7.05. The molecule has 0 aromatic rings. The molecule has 10 heteroatoms. The summed E-state index contributed by atoms with van der Waals surface area (Å²) in [5.41, 5.74) is -2.41. The number of carbonyl (C=O) groups excluding carboxylic acids is 4. The molecular formula is C14H20O10. The van der Waals surface area contributed by atoms with Crippen molar-refractivity contribution in [2.45, 2.75) is 57.9 Å². The number of ether oxygens (including phenoxy) is 4. The van der Waals surface area contributed by atoms with Crippen LogP contribution in [0.4, 0.5) is 0 Å². The highest BCUT2D eigenvalue weighted by Gasteiger charge is 2.65. The molecule has 1 heterocycles. The molecule has 24 heavy (non-hydrogen) atoms. The lowest BCUT2D eigenvalue weighted by molar-refractivity contribution is -0.323. The maximum Gasteiger partial charge on any atom is 0.305 e. The maximum absolute atomic E-state index is 12.3. The van der Waals surface area contributed by atoms with Gasteiger partial charge in [0.15, 0.2) is 11.9 Å². The van der Waals surface area contributed by atoms with Crippen LogP contribution in [0.3, 0.4) is 0 Å². The number of aliphatic hydroxyl groups excluding tert-OH is 2. The SMILES string of the molecule is CC(=O)O[C@H]1O[C@H](CO)[C@@H](O)[C@H](OC(C)=O)[C@]1(OC(C)=O)C(C)=O. The van der Waals surface area contributed by atoms with Crippen LogP contribution in [0.25, 0.3) is 0 Å². The molecule has 1 rings (SSSR count). The van der Waals surface area contributed by atoms with Gasteiger partial charge in [-0.15, -0.1) is 0 Å². The first-order valence-electron chi connectivity index (χ1n) is 7.05. The molecule has 0 bridgehead atoms. The van der Waals surface area contributed by atoms with E-state index in [1.54, 1.807) is 0 Å². The Bertz CT molecular complexity index is 530. The Morgan fingerprint density at radius 1 is 1.00 bits per heavy atom. The van der Waals surface area contributed by atoms with Gasteiger partial charge in [0.05, 0.1) is 6.61 Å². The van der Waals surface area contributed by atoms with E-state index in [1.165, 1.54) is 0 Å². The Hall–Kier alpha value is -2.04. The number of hydrogen-bond acceptors (Lipinski definition) is 10. The van der Waals surface area contributed by atoms with E-state index < -0.39 is 60.5 Å². The molecule has 0 aromatic carbocycles. The Kier molecular flexibility index (Phi) is 6.41. The van der Waals surface area contributed by atoms with Gasteiger partial charge in [-0.25, -0.2) is 0 Å². The van der Waals surface area contributed by atoms with Crippen molar-refractivity contribution in [2.24, 2.45) is 0 Å². The highest BCUT2D eigenvalue weighted by Crippen LogP contribution is 2.37. The van der Waals surface area contributed by atoms with E-state index in [1.807, 2.05) is 0 Å². The first kappa shape index (κ1) is 20.0. The van der Waals surface area contributed by atoms with E-state index >= 15 is 0 Å². The third kappa shape index (κ3) is 3.89. The zero-order valence-electron chi connectivity index (χ0n) is 13.7. The minimum absolute atomic E-state index is 0.731. The van der Waals surface area contributed by atoms with Crippen LogP contribution in [-0.4, -0.2) is 70.7 Å². The Balaban J connectivity index is 3.51. The fourth-order valence-corrected chi connectivity index (χ4v) is 2.46. The topological polar surface area (TPSA) is 146 Å². The van der Waals surface area contributed by atoms with Crippen LogP contribution in [-0.2, 0) is 38.1 Å². The summed E-state index contributed by atoms with van der Waals surface area (Å²) in [6, 6.07) is 0. The molecule has 136 valence electrons. The van der Waals surface area contributed by atoms with Crippen molar-refractivity contribution in [3.63, 3.8) is 0 Å². The summed E-state index contributed by atoms with van der Waals surface area (Å²) in [5.74, 6) is -3.62. The van der Waals surface area contributed by atoms with Crippen molar-refractivity contribution in [3.8, 4) is 0 Å². The zero-order valence-corrected chi connectivity index (χ0v) is 13.7. The number of Topliss-reactive ketones (excluding diaryl/α,β-unsaturated/α-hetero) is 1. The van der Waals surface area contributed by atoms with Gasteiger partial charge >= 0.3 is 17.9 Å². The molecule has 10 nitrogen and oxygen atoms in total. The summed E-state index contributed by atoms with van der Waals surface area (Å²) in [5, 5.41) is 19.6. The number of aliphatic hydroxyl groups is 2. The normalized spacial score (nSPS) is 32.6. The van der Waals surface area contributed by atoms with E-state index in [0.717, 1.165) is 27.7 Å². The lowest BCUT2D eigenvalue weighted by Gasteiger charge is -2.48. The summed E-state index contributed by atoms with van der Waals surface area (Å²) in [6.07, 6.45) is -6.62. The Labute approximate surface area is 137 Å². The molecule has 0 aromatic heterocycles. The van der Waals surface area contributed by atoms with E-state index in [0.29, 0.717) is 0 Å². The quantitative estimate of drug-likeness (QED) is 0.442. The van der Waals surface area contributed by atoms with Crippen molar-refractivity contribution in [2.75, 3.05) is 6.61 Å². The van der Waals surface area contributed by atoms with Crippen molar-refractivity contribution in [3.05, 3.63) is 0 Å². The molecule has 0 radical (unpaired) electrons. The number of esters is 3. The van der Waals surface area contributed by atoms with Crippen LogP contribution < -0.4 is 0 Å². The van der Waals surface area contributed by atoms with Crippen molar-refractivity contribution < 1.29 is 48.3 Å². The second-order valence-corrected chi connectivity index (χ2v) is 5.26. The molecule has 5 atom stereocenters. The fourth-order valence-electron chi connectivity index (χ4n) is 2.46. The highest BCUT2D eigenvalue weighted by atomic mass is 16.7. The van der Waals surface area contributed by atoms with Crippen molar-refractivity contribution in [1.29, 1.82) is 0 Å². The number of ketones is 1. The maximum atomic E-state index is 12.3. The van der Waals surface area contributed by atoms with Gasteiger partial charge in [-0.1, -0.05) is 0 Å². The lowest BCUT2D eigenvalue weighted by atomic mass is 9.83. The van der Waals surface area contributed by atoms with Crippen LogP contribution in [0.5, 0.6) is 0 Å². The summed E-state index contributed by atoms with van der Waals surface area (Å²) >= 11 is 0. The van der Waals surface area contributed by atoms with Gasteiger partial charge in [0, 0.05) is 20.8 Å². The number of rotatable bonds is 5. The predicted octanol–water partition coefficient (Wildman–Crippen LogP) is -1.55. The number of carbonyl (C=O) groups is 4. The molecular weight excluding hydrogens is 328 g/mol. The van der Waals surface area contributed by atoms with E-state index in [2.05, 4.69) is 0 Å². The second kappa shape index (κ2) is 7.69. The summed E-state index contributed by atoms with van der Waals surface area (Å²) < 4.78 is 20.1. The van der Waals surface area contributed by atoms with Gasteiger partial charge in [-0.3, -0.25) is 19.2 Å². The van der Waals surface area contributed by atoms with Crippen LogP contribution in [0.15, 0.2) is 0 Å². The minimum Gasteiger partial charge on any atom is -0.455 e. The molecule has 0 unspecified atom stereocenters. The standard InChI is InChI=1S/C14H20O10/c1-6(16)14(24-9(4)19)12(21-7(2)17)11(20)10(5-15)23-13(14)22-8(3)18/h10-13,15,20H,5H2,1-4H3/t10-,11-,12+,13+,14-/m1/s1. The molecule has 1 aliphatic rings. The van der Waals surface area contributed by atoms with Crippen LogP contribution in [0.1, 0.15) is 27.7 Å². The van der Waals surface area contributed by atoms with Gasteiger partial charge < -0.3 is 29.2 Å². The molecule has 2 N–H and O–H groups in total. The molecule has 1 saturated heterocycles. The largest absolute Gasteiger partial charge is 0.455 e. The third-order valence-corrected chi connectivity index (χ3v) is 3.37. The monoisotopic (exact) mass is 348 g/mol. The van der Waals surface area contributed by atoms with Gasteiger partial charge in [0.1, 0.15) is 12.2 Å². The minimum atomic E-state index is -2.41. The molecule has 0 amide bonds. The smallest absolute Gasteiger partial charge is 0.305 e. The van der Waals surface area contributed by atoms with Gasteiger partial charge in [-0.2, -0.15) is 0 Å². The van der Waals surface area contributed by atoms with Crippen molar-refractivity contribution in [1.82, 2.24) is 0 Å². The van der Waals surface area contributed by atoms with Crippen LogP contribution in [0.2, 0.25) is 0 Å². The van der Waals surface area contributed by atoms with E-state index in [4.69, 9.17) is 18.9 Å². The van der Waals surface area contributed by atoms with Gasteiger partial charge in [-0.05, 0) is 6.92 Å². The number of hydrogen-bond donors (Lipinski definition) is 2. The third-order valence-electron chi connectivity index (χ3n) is 3.37. The van der Waals surface area contributed by atoms with Crippen LogP contribution >= 0.6 is 0 Å². The second-order valence-electron chi connectivity index (χ2n) is 5.26. The van der Waals surface area contributed by atoms with E-state index in [-0.39, 0.29) is 0 Å². The van der Waals surface area contributed by atoms with Gasteiger partial charge in [0.25, 0.3) is 11.9 Å². The Morgan fingerprint density at radius 3 is 1.92 bits per heavy atom.